The Morgan fingerprint density at radius 2 is 1.81 bits per heavy atom. The summed E-state index contributed by atoms with van der Waals surface area (Å²) in [5.74, 6) is -1.03. The van der Waals surface area contributed by atoms with Gasteiger partial charge >= 0.3 is 5.97 Å². The number of ether oxygens (including phenoxy) is 1. The molecule has 2 unspecified atom stereocenters. The molecule has 9 heteroatoms. The molecule has 0 aliphatic rings. The molecule has 0 fully saturated rings. The van der Waals surface area contributed by atoms with Crippen LogP contribution in [0.1, 0.15) is 33.6 Å². The van der Waals surface area contributed by atoms with Crippen LogP contribution in [0.3, 0.4) is 0 Å². The van der Waals surface area contributed by atoms with Crippen LogP contribution < -0.4 is 0 Å². The van der Waals surface area contributed by atoms with E-state index in [-0.39, 0.29) is 19.4 Å². The van der Waals surface area contributed by atoms with Crippen molar-refractivity contribution in [3.63, 3.8) is 0 Å². The Balaban J connectivity index is 4.98. The first-order valence-corrected chi connectivity index (χ1v) is 10.7. The standard InChI is InChI=1S/C12H25O7PS/c1-5-8-11(12(13)17-6-2)9-20(14,18-7-3)10-19-21(4,15)16/h11H,5-10H2,1-4H3. The van der Waals surface area contributed by atoms with Crippen LogP contribution in [0, 0.1) is 5.92 Å². The molecule has 7 nitrogen and oxygen atoms in total. The van der Waals surface area contributed by atoms with Gasteiger partial charge in [-0.1, -0.05) is 13.3 Å². The molecule has 21 heavy (non-hydrogen) atoms. The third kappa shape index (κ3) is 9.24. The van der Waals surface area contributed by atoms with Gasteiger partial charge in [-0.25, -0.2) is 0 Å². The van der Waals surface area contributed by atoms with Crippen molar-refractivity contribution in [3.05, 3.63) is 0 Å². The molecule has 0 saturated carbocycles. The first kappa shape index (κ1) is 20.6. The summed E-state index contributed by atoms with van der Waals surface area (Å²) in [5, 5.41) is 0. The molecule has 0 radical (unpaired) electrons. The van der Waals surface area contributed by atoms with Crippen LogP contribution >= 0.6 is 7.37 Å². The zero-order valence-electron chi connectivity index (χ0n) is 13.0. The highest BCUT2D eigenvalue weighted by molar-refractivity contribution is 7.86. The van der Waals surface area contributed by atoms with Crippen molar-refractivity contribution in [2.24, 2.45) is 5.92 Å². The molecule has 0 aliphatic carbocycles. The Morgan fingerprint density at radius 1 is 1.19 bits per heavy atom. The monoisotopic (exact) mass is 344 g/mol. The Hall–Kier alpha value is -0.430. The highest BCUT2D eigenvalue weighted by Crippen LogP contribution is 2.49. The molecule has 0 amide bonds. The molecule has 0 aromatic heterocycles. The molecule has 0 N–H and O–H groups in total. The summed E-state index contributed by atoms with van der Waals surface area (Å²) in [6, 6.07) is 0. The van der Waals surface area contributed by atoms with E-state index in [1.165, 1.54) is 0 Å². The van der Waals surface area contributed by atoms with E-state index in [9.17, 15) is 17.8 Å². The maximum atomic E-state index is 12.6. The minimum absolute atomic E-state index is 0.0803. The van der Waals surface area contributed by atoms with Gasteiger partial charge in [-0.15, -0.1) is 0 Å². The zero-order valence-corrected chi connectivity index (χ0v) is 14.7. The van der Waals surface area contributed by atoms with E-state index in [0.717, 1.165) is 6.26 Å². The largest absolute Gasteiger partial charge is 0.466 e. The lowest BCUT2D eigenvalue weighted by Crippen LogP contribution is -2.23. The second-order valence-corrected chi connectivity index (χ2v) is 8.76. The van der Waals surface area contributed by atoms with Gasteiger partial charge in [0.2, 0.25) is 7.37 Å². The molecule has 0 aromatic carbocycles. The third-order valence-electron chi connectivity index (χ3n) is 2.58. The fourth-order valence-corrected chi connectivity index (χ4v) is 4.95. The number of carbonyl (C=O) groups excluding carboxylic acids is 1. The van der Waals surface area contributed by atoms with Crippen molar-refractivity contribution in [1.29, 1.82) is 0 Å². The van der Waals surface area contributed by atoms with Crippen LogP contribution in [0.5, 0.6) is 0 Å². The summed E-state index contributed by atoms with van der Waals surface area (Å²) in [7, 11) is -7.10. The first-order valence-electron chi connectivity index (χ1n) is 6.91. The van der Waals surface area contributed by atoms with Crippen molar-refractivity contribution < 1.29 is 31.2 Å². The van der Waals surface area contributed by atoms with E-state index in [4.69, 9.17) is 9.26 Å². The van der Waals surface area contributed by atoms with Crippen LogP contribution in [0.25, 0.3) is 0 Å². The van der Waals surface area contributed by atoms with Gasteiger partial charge in [0.1, 0.15) is 6.35 Å². The smallest absolute Gasteiger partial charge is 0.309 e. The van der Waals surface area contributed by atoms with E-state index >= 15 is 0 Å². The topological polar surface area (TPSA) is 96.0 Å². The van der Waals surface area contributed by atoms with Gasteiger partial charge in [0, 0.05) is 6.16 Å². The van der Waals surface area contributed by atoms with Crippen LogP contribution in [-0.2, 0) is 32.9 Å². The molecule has 0 rings (SSSR count). The van der Waals surface area contributed by atoms with Gasteiger partial charge in [0.05, 0.1) is 25.4 Å². The molecule has 0 heterocycles. The third-order valence-corrected chi connectivity index (χ3v) is 5.55. The van der Waals surface area contributed by atoms with Crippen molar-refractivity contribution in [2.75, 3.05) is 32.0 Å². The lowest BCUT2D eigenvalue weighted by Gasteiger charge is -2.22. The lowest BCUT2D eigenvalue weighted by atomic mass is 10.1. The van der Waals surface area contributed by atoms with Crippen molar-refractivity contribution >= 4 is 23.5 Å². The average Bonchev–Trinajstić information content (AvgIpc) is 2.36. The van der Waals surface area contributed by atoms with Crippen molar-refractivity contribution in [2.45, 2.75) is 33.6 Å². The summed E-state index contributed by atoms with van der Waals surface area (Å²) >= 11 is 0. The summed E-state index contributed by atoms with van der Waals surface area (Å²) < 4.78 is 49.5. The van der Waals surface area contributed by atoms with Crippen LogP contribution in [-0.4, -0.2) is 46.4 Å². The molecule has 0 bridgehead atoms. The van der Waals surface area contributed by atoms with Gasteiger partial charge in [-0.3, -0.25) is 13.5 Å². The zero-order chi connectivity index (χ0) is 16.5. The number of hydrogen-bond donors (Lipinski definition) is 0. The highest BCUT2D eigenvalue weighted by atomic mass is 32.2. The maximum Gasteiger partial charge on any atom is 0.309 e. The molecular formula is C12H25O7PS. The first-order chi connectivity index (χ1) is 9.67. The highest BCUT2D eigenvalue weighted by Gasteiger charge is 2.33. The molecule has 0 saturated heterocycles. The van der Waals surface area contributed by atoms with Gasteiger partial charge in [-0.05, 0) is 20.3 Å². The van der Waals surface area contributed by atoms with E-state index < -0.39 is 35.7 Å². The Bertz CT molecular complexity index is 460. The van der Waals surface area contributed by atoms with Gasteiger partial charge < -0.3 is 9.26 Å². The molecular weight excluding hydrogens is 319 g/mol. The summed E-state index contributed by atoms with van der Waals surface area (Å²) in [6.45, 7) is 5.61. The quantitative estimate of drug-likeness (QED) is 0.322. The average molecular weight is 344 g/mol. The molecule has 0 aromatic rings. The fraction of sp³-hybridized carbons (Fsp3) is 0.917. The van der Waals surface area contributed by atoms with Crippen LogP contribution in [0.15, 0.2) is 0 Å². The Morgan fingerprint density at radius 3 is 2.24 bits per heavy atom. The van der Waals surface area contributed by atoms with E-state index in [0.29, 0.717) is 12.8 Å². The molecule has 0 spiro atoms. The number of esters is 1. The molecule has 0 aliphatic heterocycles. The van der Waals surface area contributed by atoms with Crippen molar-refractivity contribution in [1.82, 2.24) is 0 Å². The fourth-order valence-electron chi connectivity index (χ4n) is 1.78. The molecule has 2 atom stereocenters. The molecule has 126 valence electrons. The minimum Gasteiger partial charge on any atom is -0.466 e. The second-order valence-electron chi connectivity index (χ2n) is 4.60. The van der Waals surface area contributed by atoms with E-state index in [1.807, 2.05) is 6.92 Å². The number of carbonyl (C=O) groups is 1. The van der Waals surface area contributed by atoms with E-state index in [1.54, 1.807) is 13.8 Å². The van der Waals surface area contributed by atoms with Gasteiger partial charge in [-0.2, -0.15) is 8.42 Å². The predicted molar refractivity (Wildman–Crippen MR) is 79.9 cm³/mol. The second kappa shape index (κ2) is 9.56. The minimum atomic E-state index is -3.72. The van der Waals surface area contributed by atoms with Crippen LogP contribution in [0.2, 0.25) is 0 Å². The Kier molecular flexibility index (Phi) is 9.36. The van der Waals surface area contributed by atoms with Crippen LogP contribution in [0.4, 0.5) is 0 Å². The lowest BCUT2D eigenvalue weighted by molar-refractivity contribution is -0.147. The summed E-state index contributed by atoms with van der Waals surface area (Å²) in [4.78, 5) is 11.9. The maximum absolute atomic E-state index is 12.6. The SMILES string of the molecule is CCCC(CP(=O)(COS(C)(=O)=O)OCC)C(=O)OCC. The van der Waals surface area contributed by atoms with Gasteiger partial charge in [0.25, 0.3) is 10.1 Å². The van der Waals surface area contributed by atoms with E-state index in [2.05, 4.69) is 4.18 Å². The van der Waals surface area contributed by atoms with Gasteiger partial charge in [0.15, 0.2) is 0 Å². The number of rotatable bonds is 11. The Labute approximate surface area is 126 Å². The number of hydrogen-bond acceptors (Lipinski definition) is 7. The summed E-state index contributed by atoms with van der Waals surface area (Å²) in [5.41, 5.74) is 0. The summed E-state index contributed by atoms with van der Waals surface area (Å²) in [6.07, 6.45) is 1.44. The van der Waals surface area contributed by atoms with Crippen molar-refractivity contribution in [3.8, 4) is 0 Å². The predicted octanol–water partition coefficient (Wildman–Crippen LogP) is 2.21. The normalized spacial score (nSPS) is 16.2.